The number of halogens is 2. The maximum absolute atomic E-state index is 13.1. The lowest BCUT2D eigenvalue weighted by molar-refractivity contribution is -0.115. The van der Waals surface area contributed by atoms with E-state index in [2.05, 4.69) is 20.5 Å². The zero-order valence-corrected chi connectivity index (χ0v) is 15.6. The second-order valence-electron chi connectivity index (χ2n) is 5.47. The summed E-state index contributed by atoms with van der Waals surface area (Å²) >= 11 is 7.21. The second-order valence-corrected chi connectivity index (χ2v) is 7.19. The highest BCUT2D eigenvalue weighted by molar-refractivity contribution is 8.00. The van der Waals surface area contributed by atoms with Crippen molar-refractivity contribution in [2.45, 2.75) is 17.3 Å². The van der Waals surface area contributed by atoms with Crippen LogP contribution in [-0.4, -0.2) is 30.9 Å². The van der Waals surface area contributed by atoms with Gasteiger partial charge >= 0.3 is 0 Å². The van der Waals surface area contributed by atoms with Crippen LogP contribution >= 0.6 is 23.4 Å². The number of nitrogens with zero attached hydrogens (tertiary/aromatic N) is 4. The van der Waals surface area contributed by atoms with E-state index in [0.29, 0.717) is 16.7 Å². The second kappa shape index (κ2) is 7.84. The zero-order chi connectivity index (χ0) is 18.7. The van der Waals surface area contributed by atoms with Gasteiger partial charge in [0.25, 0.3) is 0 Å². The first-order valence-corrected chi connectivity index (χ1v) is 8.94. The van der Waals surface area contributed by atoms with Gasteiger partial charge in [-0.1, -0.05) is 23.4 Å². The molecular weight excluding hydrogens is 377 g/mol. The molecule has 6 nitrogen and oxygen atoms in total. The first kappa shape index (κ1) is 18.3. The van der Waals surface area contributed by atoms with Gasteiger partial charge in [-0.3, -0.25) is 9.78 Å². The molecule has 0 radical (unpaired) electrons. The molecule has 2 heterocycles. The summed E-state index contributed by atoms with van der Waals surface area (Å²) in [5.41, 5.74) is 1.25. The van der Waals surface area contributed by atoms with Crippen LogP contribution in [0.15, 0.2) is 47.9 Å². The van der Waals surface area contributed by atoms with Crippen molar-refractivity contribution in [3.63, 3.8) is 0 Å². The van der Waals surface area contributed by atoms with Gasteiger partial charge < -0.3 is 9.88 Å². The van der Waals surface area contributed by atoms with Gasteiger partial charge in [0, 0.05) is 25.0 Å². The van der Waals surface area contributed by atoms with Crippen molar-refractivity contribution >= 4 is 35.0 Å². The van der Waals surface area contributed by atoms with Crippen molar-refractivity contribution in [3.8, 4) is 11.4 Å². The Labute approximate surface area is 158 Å². The maximum Gasteiger partial charge on any atom is 0.237 e. The van der Waals surface area contributed by atoms with Gasteiger partial charge in [0.1, 0.15) is 5.82 Å². The van der Waals surface area contributed by atoms with Crippen molar-refractivity contribution in [1.29, 1.82) is 0 Å². The highest BCUT2D eigenvalue weighted by Gasteiger charge is 2.20. The highest BCUT2D eigenvalue weighted by atomic mass is 35.5. The molecule has 3 rings (SSSR count). The van der Waals surface area contributed by atoms with E-state index in [0.717, 1.165) is 11.6 Å². The van der Waals surface area contributed by atoms with Crippen molar-refractivity contribution in [1.82, 2.24) is 19.7 Å². The predicted molar refractivity (Wildman–Crippen MR) is 99.6 cm³/mol. The van der Waals surface area contributed by atoms with Crippen LogP contribution in [0.4, 0.5) is 10.1 Å². The Morgan fingerprint density at radius 3 is 2.69 bits per heavy atom. The Kier molecular flexibility index (Phi) is 5.53. The lowest BCUT2D eigenvalue weighted by Crippen LogP contribution is -2.23. The van der Waals surface area contributed by atoms with Crippen molar-refractivity contribution < 1.29 is 9.18 Å². The van der Waals surface area contributed by atoms with E-state index in [1.807, 2.05) is 23.7 Å². The molecule has 3 aromatic rings. The third-order valence-electron chi connectivity index (χ3n) is 3.61. The van der Waals surface area contributed by atoms with Crippen LogP contribution in [0.5, 0.6) is 0 Å². The summed E-state index contributed by atoms with van der Waals surface area (Å²) in [4.78, 5) is 16.4. The molecule has 0 unspecified atom stereocenters. The van der Waals surface area contributed by atoms with Gasteiger partial charge in [0.2, 0.25) is 5.91 Å². The number of benzene rings is 1. The van der Waals surface area contributed by atoms with E-state index in [-0.39, 0.29) is 10.9 Å². The predicted octanol–water partition coefficient (Wildman–Crippen LogP) is 3.79. The van der Waals surface area contributed by atoms with Gasteiger partial charge in [-0.05, 0) is 37.3 Å². The van der Waals surface area contributed by atoms with E-state index in [1.54, 1.807) is 19.3 Å². The molecule has 0 aliphatic carbocycles. The molecule has 0 bridgehead atoms. The molecular formula is C17H15ClFN5OS. The summed E-state index contributed by atoms with van der Waals surface area (Å²) in [5, 5.41) is 11.3. The lowest BCUT2D eigenvalue weighted by Gasteiger charge is -2.12. The van der Waals surface area contributed by atoms with Gasteiger partial charge in [-0.15, -0.1) is 10.2 Å². The first-order chi connectivity index (χ1) is 12.5. The molecule has 0 aliphatic rings. The minimum atomic E-state index is -0.460. The molecule has 0 spiro atoms. The number of carbonyl (C=O) groups is 1. The molecule has 0 aliphatic heterocycles. The number of rotatable bonds is 5. The lowest BCUT2D eigenvalue weighted by atomic mass is 10.2. The van der Waals surface area contributed by atoms with Crippen LogP contribution in [0.1, 0.15) is 6.92 Å². The number of amides is 1. The maximum atomic E-state index is 13.1. The van der Waals surface area contributed by atoms with Crippen LogP contribution in [0, 0.1) is 5.82 Å². The van der Waals surface area contributed by atoms with Crippen molar-refractivity contribution in [2.75, 3.05) is 5.32 Å². The Hall–Kier alpha value is -2.45. The minimum absolute atomic E-state index is 0.147. The Morgan fingerprint density at radius 2 is 2.00 bits per heavy atom. The van der Waals surface area contributed by atoms with E-state index in [9.17, 15) is 9.18 Å². The summed E-state index contributed by atoms with van der Waals surface area (Å²) < 4.78 is 14.9. The summed E-state index contributed by atoms with van der Waals surface area (Å²) in [6.07, 6.45) is 3.36. The van der Waals surface area contributed by atoms with Crippen molar-refractivity contribution in [2.24, 2.45) is 7.05 Å². The van der Waals surface area contributed by atoms with Gasteiger partial charge in [-0.25, -0.2) is 4.39 Å². The van der Waals surface area contributed by atoms with Gasteiger partial charge in [0.05, 0.1) is 16.0 Å². The van der Waals surface area contributed by atoms with Crippen LogP contribution in [0.2, 0.25) is 5.02 Å². The largest absolute Gasteiger partial charge is 0.324 e. The van der Waals surface area contributed by atoms with E-state index in [1.165, 1.54) is 23.9 Å². The SMILES string of the molecule is C[C@@H](Sc1nnc(-c2ccncc2)n1C)C(=O)Nc1ccc(F)cc1Cl. The average Bonchev–Trinajstić information content (AvgIpc) is 2.98. The smallest absolute Gasteiger partial charge is 0.237 e. The van der Waals surface area contributed by atoms with Crippen LogP contribution in [0.25, 0.3) is 11.4 Å². The highest BCUT2D eigenvalue weighted by Crippen LogP contribution is 2.27. The van der Waals surface area contributed by atoms with E-state index in [4.69, 9.17) is 11.6 Å². The average molecular weight is 392 g/mol. The number of hydrogen-bond acceptors (Lipinski definition) is 5. The number of carbonyl (C=O) groups excluding carboxylic acids is 1. The fourth-order valence-electron chi connectivity index (χ4n) is 2.21. The number of thioether (sulfide) groups is 1. The molecule has 26 heavy (non-hydrogen) atoms. The molecule has 1 N–H and O–H groups in total. The summed E-state index contributed by atoms with van der Waals surface area (Å²) in [5.74, 6) is -0.0424. The first-order valence-electron chi connectivity index (χ1n) is 7.68. The summed E-state index contributed by atoms with van der Waals surface area (Å²) in [6.45, 7) is 1.75. The van der Waals surface area contributed by atoms with Crippen molar-refractivity contribution in [3.05, 3.63) is 53.6 Å². The summed E-state index contributed by atoms with van der Waals surface area (Å²) in [6, 6.07) is 7.49. The standard InChI is InChI=1S/C17H15ClFN5OS/c1-10(16(25)21-14-4-3-12(19)9-13(14)18)26-17-23-22-15(24(17)2)11-5-7-20-8-6-11/h3-10H,1-2H3,(H,21,25)/t10-/m1/s1. The van der Waals surface area contributed by atoms with E-state index < -0.39 is 11.1 Å². The molecule has 0 fully saturated rings. The third-order valence-corrected chi connectivity index (χ3v) is 5.06. The number of pyridine rings is 1. The molecule has 9 heteroatoms. The van der Waals surface area contributed by atoms with E-state index >= 15 is 0 Å². The third kappa shape index (κ3) is 4.03. The fraction of sp³-hybridized carbons (Fsp3) is 0.176. The van der Waals surface area contributed by atoms with Gasteiger partial charge in [-0.2, -0.15) is 0 Å². The minimum Gasteiger partial charge on any atom is -0.324 e. The van der Waals surface area contributed by atoms with Crippen LogP contribution in [-0.2, 0) is 11.8 Å². The molecule has 0 saturated heterocycles. The quantitative estimate of drug-likeness (QED) is 0.670. The normalized spacial score (nSPS) is 12.0. The van der Waals surface area contributed by atoms with Crippen LogP contribution in [0.3, 0.4) is 0 Å². The topological polar surface area (TPSA) is 72.7 Å². The monoisotopic (exact) mass is 391 g/mol. The Balaban J connectivity index is 1.71. The van der Waals surface area contributed by atoms with Gasteiger partial charge in [0.15, 0.2) is 11.0 Å². The molecule has 134 valence electrons. The number of anilines is 1. The molecule has 1 aromatic carbocycles. The molecule has 0 saturated carbocycles. The fourth-order valence-corrected chi connectivity index (χ4v) is 3.24. The molecule has 1 atom stereocenters. The zero-order valence-electron chi connectivity index (χ0n) is 14.0. The number of nitrogens with one attached hydrogen (secondary N) is 1. The molecule has 1 amide bonds. The Bertz CT molecular complexity index is 934. The number of hydrogen-bond donors (Lipinski definition) is 1. The number of aromatic nitrogens is 4. The Morgan fingerprint density at radius 1 is 1.27 bits per heavy atom. The summed E-state index contributed by atoms with van der Waals surface area (Å²) in [7, 11) is 1.83. The molecule has 2 aromatic heterocycles. The van der Waals surface area contributed by atoms with Crippen LogP contribution < -0.4 is 5.32 Å².